The number of furan rings is 2. The summed E-state index contributed by atoms with van der Waals surface area (Å²) < 4.78 is 13.2. The van der Waals surface area contributed by atoms with Crippen molar-refractivity contribution in [3.05, 3.63) is 170 Å². The molecule has 0 aliphatic rings. The minimum atomic E-state index is 0.854. The Morgan fingerprint density at radius 3 is 1.58 bits per heavy atom. The Morgan fingerprint density at radius 1 is 0.312 bits per heavy atom. The quantitative estimate of drug-likeness (QED) is 0.185. The first-order chi connectivity index (χ1) is 23.8. The molecule has 8 aromatic carbocycles. The molecule has 0 saturated heterocycles. The first-order valence-corrected chi connectivity index (χ1v) is 16.3. The van der Waals surface area contributed by atoms with Crippen molar-refractivity contribution in [3.8, 4) is 44.7 Å². The Labute approximate surface area is 277 Å². The lowest BCUT2D eigenvalue weighted by atomic mass is 9.85. The fourth-order valence-corrected chi connectivity index (χ4v) is 7.49. The maximum absolute atomic E-state index is 6.80. The summed E-state index contributed by atoms with van der Waals surface area (Å²) in [4.78, 5) is 0. The van der Waals surface area contributed by atoms with Crippen LogP contribution in [0.15, 0.2) is 179 Å². The van der Waals surface area contributed by atoms with Crippen LogP contribution < -0.4 is 0 Å². The standard InChI is InChI=1S/C46H28O2/c1-3-13-29(14-4-1)31-17-11-18-32(25-31)44-34-19-7-9-21-36(34)45(37-22-10-8-20-35(37)44)39-24-12-23-38-40-28-42-33(27-43(40)48-46(38)39)26-41(47-42)30-15-5-2-6-16-30/h1-28H. The molecule has 2 aromatic heterocycles. The number of hydrogen-bond acceptors (Lipinski definition) is 2. The minimum absolute atomic E-state index is 0.854. The Hall–Kier alpha value is -6.38. The van der Waals surface area contributed by atoms with Gasteiger partial charge in [0.2, 0.25) is 0 Å². The van der Waals surface area contributed by atoms with Crippen molar-refractivity contribution in [2.45, 2.75) is 0 Å². The maximum Gasteiger partial charge on any atom is 0.143 e. The molecule has 0 aliphatic carbocycles. The van der Waals surface area contributed by atoms with E-state index in [-0.39, 0.29) is 0 Å². The molecule has 0 amide bonds. The molecule has 0 spiro atoms. The Morgan fingerprint density at radius 2 is 0.875 bits per heavy atom. The van der Waals surface area contributed by atoms with Crippen molar-refractivity contribution in [3.63, 3.8) is 0 Å². The number of para-hydroxylation sites is 1. The van der Waals surface area contributed by atoms with Gasteiger partial charge in [-0.1, -0.05) is 146 Å². The van der Waals surface area contributed by atoms with Gasteiger partial charge >= 0.3 is 0 Å². The third kappa shape index (κ3) is 4.13. The van der Waals surface area contributed by atoms with Gasteiger partial charge in [-0.05, 0) is 68.1 Å². The summed E-state index contributed by atoms with van der Waals surface area (Å²) in [7, 11) is 0. The van der Waals surface area contributed by atoms with Crippen LogP contribution in [0, 0.1) is 0 Å². The third-order valence-electron chi connectivity index (χ3n) is 9.65. The molecule has 0 unspecified atom stereocenters. The fraction of sp³-hybridized carbons (Fsp3) is 0. The Bertz CT molecular complexity index is 2760. The normalized spacial score (nSPS) is 11.8. The summed E-state index contributed by atoms with van der Waals surface area (Å²) in [5.74, 6) is 0.857. The average molecular weight is 613 g/mol. The number of hydrogen-bond donors (Lipinski definition) is 0. The molecule has 0 saturated carbocycles. The zero-order chi connectivity index (χ0) is 31.6. The second-order valence-electron chi connectivity index (χ2n) is 12.4. The molecule has 0 fully saturated rings. The Kier molecular flexibility index (Phi) is 5.91. The molecule has 10 rings (SSSR count). The molecule has 10 aromatic rings. The van der Waals surface area contributed by atoms with Crippen LogP contribution in [0.3, 0.4) is 0 Å². The predicted octanol–water partition coefficient (Wildman–Crippen LogP) is 13.3. The highest BCUT2D eigenvalue weighted by atomic mass is 16.3. The third-order valence-corrected chi connectivity index (χ3v) is 9.65. The largest absolute Gasteiger partial charge is 0.456 e. The maximum atomic E-state index is 6.80. The van der Waals surface area contributed by atoms with E-state index in [4.69, 9.17) is 8.83 Å². The van der Waals surface area contributed by atoms with Crippen LogP contribution >= 0.6 is 0 Å². The van der Waals surface area contributed by atoms with Gasteiger partial charge in [-0.15, -0.1) is 0 Å². The van der Waals surface area contributed by atoms with Crippen molar-refractivity contribution >= 4 is 54.5 Å². The van der Waals surface area contributed by atoms with Crippen molar-refractivity contribution in [2.75, 3.05) is 0 Å². The molecule has 0 atom stereocenters. The minimum Gasteiger partial charge on any atom is -0.456 e. The lowest BCUT2D eigenvalue weighted by Gasteiger charge is -2.18. The van der Waals surface area contributed by atoms with E-state index in [9.17, 15) is 0 Å². The van der Waals surface area contributed by atoms with E-state index in [0.29, 0.717) is 0 Å². The predicted molar refractivity (Wildman–Crippen MR) is 200 cm³/mol. The Balaban J connectivity index is 1.22. The second kappa shape index (κ2) is 10.6. The molecule has 224 valence electrons. The summed E-state index contributed by atoms with van der Waals surface area (Å²) in [5.41, 5.74) is 10.8. The van der Waals surface area contributed by atoms with Gasteiger partial charge in [0.05, 0.1) is 0 Å². The van der Waals surface area contributed by atoms with Crippen LogP contribution in [0.1, 0.15) is 0 Å². The van der Waals surface area contributed by atoms with E-state index in [1.807, 2.05) is 18.2 Å². The van der Waals surface area contributed by atoms with Gasteiger partial charge in [0, 0.05) is 32.8 Å². The van der Waals surface area contributed by atoms with E-state index >= 15 is 0 Å². The van der Waals surface area contributed by atoms with Crippen LogP contribution in [-0.4, -0.2) is 0 Å². The smallest absolute Gasteiger partial charge is 0.143 e. The van der Waals surface area contributed by atoms with Crippen LogP contribution in [0.5, 0.6) is 0 Å². The van der Waals surface area contributed by atoms with Crippen LogP contribution in [-0.2, 0) is 0 Å². The summed E-state index contributed by atoms with van der Waals surface area (Å²) in [5, 5.41) is 7.99. The number of fused-ring (bicyclic) bond motifs is 6. The molecular formula is C46H28O2. The second-order valence-corrected chi connectivity index (χ2v) is 12.4. The van der Waals surface area contributed by atoms with Crippen LogP contribution in [0.25, 0.3) is 99.2 Å². The van der Waals surface area contributed by atoms with Gasteiger partial charge in [0.15, 0.2) is 0 Å². The lowest BCUT2D eigenvalue weighted by molar-refractivity contribution is 0.631. The highest BCUT2D eigenvalue weighted by molar-refractivity contribution is 6.24. The van der Waals surface area contributed by atoms with Crippen molar-refractivity contribution in [1.82, 2.24) is 0 Å². The molecule has 0 N–H and O–H groups in total. The van der Waals surface area contributed by atoms with Gasteiger partial charge in [-0.2, -0.15) is 0 Å². The van der Waals surface area contributed by atoms with Gasteiger partial charge in [0.25, 0.3) is 0 Å². The zero-order valence-corrected chi connectivity index (χ0v) is 26.0. The molecule has 0 aliphatic heterocycles. The first kappa shape index (κ1) is 26.8. The molecule has 0 radical (unpaired) electrons. The average Bonchev–Trinajstić information content (AvgIpc) is 3.74. The number of rotatable bonds is 4. The summed E-state index contributed by atoms with van der Waals surface area (Å²) in [6, 6.07) is 60.2. The van der Waals surface area contributed by atoms with E-state index in [1.165, 1.54) is 49.4 Å². The SMILES string of the molecule is c1ccc(-c2cccc(-c3c4ccccc4c(-c4cccc5c4oc4cc6cc(-c7ccccc7)oc6cc45)c4ccccc34)c2)cc1. The summed E-state index contributed by atoms with van der Waals surface area (Å²) >= 11 is 0. The van der Waals surface area contributed by atoms with E-state index in [1.54, 1.807) is 0 Å². The van der Waals surface area contributed by atoms with Crippen LogP contribution in [0.2, 0.25) is 0 Å². The first-order valence-electron chi connectivity index (χ1n) is 16.3. The topological polar surface area (TPSA) is 26.3 Å². The summed E-state index contributed by atoms with van der Waals surface area (Å²) in [6.07, 6.45) is 0. The monoisotopic (exact) mass is 612 g/mol. The summed E-state index contributed by atoms with van der Waals surface area (Å²) in [6.45, 7) is 0. The molecule has 0 bridgehead atoms. The van der Waals surface area contributed by atoms with Gasteiger partial charge in [0.1, 0.15) is 22.5 Å². The van der Waals surface area contributed by atoms with Crippen molar-refractivity contribution in [2.24, 2.45) is 0 Å². The zero-order valence-electron chi connectivity index (χ0n) is 26.0. The molecular weight excluding hydrogens is 585 g/mol. The van der Waals surface area contributed by atoms with E-state index in [0.717, 1.165) is 49.8 Å². The van der Waals surface area contributed by atoms with E-state index in [2.05, 4.69) is 152 Å². The van der Waals surface area contributed by atoms with E-state index < -0.39 is 0 Å². The highest BCUT2D eigenvalue weighted by Gasteiger charge is 2.21. The highest BCUT2D eigenvalue weighted by Crippen LogP contribution is 2.47. The van der Waals surface area contributed by atoms with Crippen molar-refractivity contribution < 1.29 is 8.83 Å². The molecule has 2 nitrogen and oxygen atoms in total. The van der Waals surface area contributed by atoms with Gasteiger partial charge < -0.3 is 8.83 Å². The molecule has 48 heavy (non-hydrogen) atoms. The fourth-order valence-electron chi connectivity index (χ4n) is 7.49. The van der Waals surface area contributed by atoms with Crippen LogP contribution in [0.4, 0.5) is 0 Å². The molecule has 2 heterocycles. The lowest BCUT2D eigenvalue weighted by Crippen LogP contribution is -1.91. The van der Waals surface area contributed by atoms with Gasteiger partial charge in [-0.3, -0.25) is 0 Å². The molecule has 2 heteroatoms. The van der Waals surface area contributed by atoms with Crippen molar-refractivity contribution in [1.29, 1.82) is 0 Å². The number of benzene rings is 8. The van der Waals surface area contributed by atoms with Gasteiger partial charge in [-0.25, -0.2) is 0 Å².